The molecule has 3 aromatic rings. The van der Waals surface area contributed by atoms with Crippen LogP contribution in [0.3, 0.4) is 0 Å². The van der Waals surface area contributed by atoms with Crippen molar-refractivity contribution in [3.05, 3.63) is 52.5 Å². The molecule has 0 bridgehead atoms. The maximum Gasteiger partial charge on any atom is 0.451 e. The third-order valence-electron chi connectivity index (χ3n) is 4.23. The highest BCUT2D eigenvalue weighted by molar-refractivity contribution is 7.10. The van der Waals surface area contributed by atoms with Crippen LogP contribution in [-0.4, -0.2) is 16.5 Å². The zero-order valence-corrected chi connectivity index (χ0v) is 13.4. The standard InChI is InChI=1S/C17H14F3N3S/c18-17(19,20)16-21-12-6-2-1-5-11(12)15(22-16)23-9-3-7-13(23)14-8-4-10-24-14/h1-2,4-6,8,10,13H,3,7,9H2. The lowest BCUT2D eigenvalue weighted by Crippen LogP contribution is -2.25. The highest BCUT2D eigenvalue weighted by Gasteiger charge is 2.37. The van der Waals surface area contributed by atoms with Gasteiger partial charge in [0.05, 0.1) is 11.6 Å². The second-order valence-corrected chi connectivity index (χ2v) is 6.73. The number of aromatic nitrogens is 2. The van der Waals surface area contributed by atoms with Crippen molar-refractivity contribution in [3.8, 4) is 0 Å². The number of fused-ring (bicyclic) bond motifs is 1. The molecule has 124 valence electrons. The number of thiophene rings is 1. The van der Waals surface area contributed by atoms with Gasteiger partial charge in [-0.1, -0.05) is 18.2 Å². The SMILES string of the molecule is FC(F)(F)c1nc(N2CCCC2c2cccs2)c2ccccc2n1. The minimum absolute atomic E-state index is 0.0735. The van der Waals surface area contributed by atoms with Gasteiger partial charge in [0, 0.05) is 16.8 Å². The first kappa shape index (κ1) is 15.4. The Kier molecular flexibility index (Phi) is 3.68. The molecule has 3 heterocycles. The van der Waals surface area contributed by atoms with Crippen molar-refractivity contribution in [2.24, 2.45) is 0 Å². The Bertz CT molecular complexity index is 861. The Morgan fingerprint density at radius 3 is 2.67 bits per heavy atom. The van der Waals surface area contributed by atoms with E-state index in [-0.39, 0.29) is 6.04 Å². The fraction of sp³-hybridized carbons (Fsp3) is 0.294. The van der Waals surface area contributed by atoms with Crippen molar-refractivity contribution < 1.29 is 13.2 Å². The lowest BCUT2D eigenvalue weighted by atomic mass is 10.1. The van der Waals surface area contributed by atoms with E-state index >= 15 is 0 Å². The molecular formula is C17H14F3N3S. The molecule has 0 amide bonds. The van der Waals surface area contributed by atoms with Gasteiger partial charge in [0.2, 0.25) is 5.82 Å². The predicted molar refractivity (Wildman–Crippen MR) is 88.2 cm³/mol. The number of benzene rings is 1. The van der Waals surface area contributed by atoms with Gasteiger partial charge < -0.3 is 4.90 Å². The van der Waals surface area contributed by atoms with E-state index in [4.69, 9.17) is 0 Å². The number of alkyl halides is 3. The van der Waals surface area contributed by atoms with E-state index in [0.717, 1.165) is 17.7 Å². The normalized spacial score (nSPS) is 18.5. The van der Waals surface area contributed by atoms with E-state index in [2.05, 4.69) is 9.97 Å². The summed E-state index contributed by atoms with van der Waals surface area (Å²) in [5.41, 5.74) is 0.326. The van der Waals surface area contributed by atoms with Gasteiger partial charge in [-0.05, 0) is 36.4 Å². The fourth-order valence-corrected chi connectivity index (χ4v) is 4.08. The summed E-state index contributed by atoms with van der Waals surface area (Å²) in [6.45, 7) is 0.695. The van der Waals surface area contributed by atoms with Gasteiger partial charge in [0.15, 0.2) is 0 Å². The van der Waals surface area contributed by atoms with Gasteiger partial charge in [-0.2, -0.15) is 13.2 Å². The molecule has 2 aromatic heterocycles. The zero-order valence-electron chi connectivity index (χ0n) is 12.6. The summed E-state index contributed by atoms with van der Waals surface area (Å²) in [4.78, 5) is 10.8. The highest BCUT2D eigenvalue weighted by atomic mass is 32.1. The second-order valence-electron chi connectivity index (χ2n) is 5.75. The Morgan fingerprint density at radius 2 is 1.92 bits per heavy atom. The molecule has 1 aromatic carbocycles. The molecule has 0 aliphatic carbocycles. The van der Waals surface area contributed by atoms with E-state index in [1.807, 2.05) is 22.4 Å². The zero-order chi connectivity index (χ0) is 16.7. The molecule has 0 N–H and O–H groups in total. The van der Waals surface area contributed by atoms with Crippen LogP contribution in [0.4, 0.5) is 19.0 Å². The van der Waals surface area contributed by atoms with Crippen LogP contribution in [0.5, 0.6) is 0 Å². The number of anilines is 1. The minimum Gasteiger partial charge on any atom is -0.348 e. The van der Waals surface area contributed by atoms with E-state index < -0.39 is 12.0 Å². The van der Waals surface area contributed by atoms with Gasteiger partial charge in [0.25, 0.3) is 0 Å². The monoisotopic (exact) mass is 349 g/mol. The van der Waals surface area contributed by atoms with Crippen LogP contribution in [0.1, 0.15) is 29.6 Å². The van der Waals surface area contributed by atoms with Crippen LogP contribution in [0.25, 0.3) is 10.9 Å². The number of rotatable bonds is 2. The van der Waals surface area contributed by atoms with Crippen LogP contribution in [0.2, 0.25) is 0 Å². The Labute approximate surface area is 140 Å². The maximum absolute atomic E-state index is 13.2. The average Bonchev–Trinajstić information content (AvgIpc) is 3.23. The summed E-state index contributed by atoms with van der Waals surface area (Å²) in [7, 11) is 0. The second kappa shape index (κ2) is 5.73. The van der Waals surface area contributed by atoms with Crippen LogP contribution in [0.15, 0.2) is 41.8 Å². The molecule has 0 saturated carbocycles. The Balaban J connectivity index is 1.88. The van der Waals surface area contributed by atoms with E-state index in [1.54, 1.807) is 35.6 Å². The lowest BCUT2D eigenvalue weighted by Gasteiger charge is -2.26. The van der Waals surface area contributed by atoms with Crippen LogP contribution in [-0.2, 0) is 6.18 Å². The number of halogens is 3. The first-order valence-electron chi connectivity index (χ1n) is 7.68. The fourth-order valence-electron chi connectivity index (χ4n) is 3.20. The first-order chi connectivity index (χ1) is 11.5. The van der Waals surface area contributed by atoms with Crippen LogP contribution < -0.4 is 4.90 Å². The summed E-state index contributed by atoms with van der Waals surface area (Å²) < 4.78 is 39.6. The summed E-state index contributed by atoms with van der Waals surface area (Å²) >= 11 is 1.63. The van der Waals surface area contributed by atoms with Crippen molar-refractivity contribution in [1.82, 2.24) is 9.97 Å². The van der Waals surface area contributed by atoms with Crippen molar-refractivity contribution in [3.63, 3.8) is 0 Å². The average molecular weight is 349 g/mol. The molecule has 1 saturated heterocycles. The molecular weight excluding hydrogens is 335 g/mol. The van der Waals surface area contributed by atoms with Crippen molar-refractivity contribution >= 4 is 28.1 Å². The molecule has 1 unspecified atom stereocenters. The van der Waals surface area contributed by atoms with Gasteiger partial charge >= 0.3 is 6.18 Å². The molecule has 1 aliphatic heterocycles. The highest BCUT2D eigenvalue weighted by Crippen LogP contribution is 2.40. The lowest BCUT2D eigenvalue weighted by molar-refractivity contribution is -0.144. The van der Waals surface area contributed by atoms with Gasteiger partial charge in [0.1, 0.15) is 5.82 Å². The molecule has 1 aliphatic rings. The first-order valence-corrected chi connectivity index (χ1v) is 8.56. The Morgan fingerprint density at radius 1 is 1.08 bits per heavy atom. The maximum atomic E-state index is 13.2. The predicted octanol–water partition coefficient (Wildman–Crippen LogP) is 5.05. The van der Waals surface area contributed by atoms with Crippen molar-refractivity contribution in [2.45, 2.75) is 25.1 Å². The molecule has 0 spiro atoms. The number of para-hydroxylation sites is 1. The van der Waals surface area contributed by atoms with E-state index in [0.29, 0.717) is 23.3 Å². The van der Waals surface area contributed by atoms with E-state index in [1.165, 1.54) is 0 Å². The van der Waals surface area contributed by atoms with Gasteiger partial charge in [-0.25, -0.2) is 9.97 Å². The summed E-state index contributed by atoms with van der Waals surface area (Å²) in [6, 6.07) is 11.0. The molecule has 0 radical (unpaired) electrons. The smallest absolute Gasteiger partial charge is 0.348 e. The quantitative estimate of drug-likeness (QED) is 0.648. The van der Waals surface area contributed by atoms with Gasteiger partial charge in [-0.3, -0.25) is 0 Å². The van der Waals surface area contributed by atoms with Crippen LogP contribution >= 0.6 is 11.3 Å². The summed E-state index contributed by atoms with van der Waals surface area (Å²) in [5, 5.41) is 2.65. The van der Waals surface area contributed by atoms with Crippen molar-refractivity contribution in [1.29, 1.82) is 0 Å². The minimum atomic E-state index is -4.56. The molecule has 1 atom stereocenters. The molecule has 1 fully saturated rings. The summed E-state index contributed by atoms with van der Waals surface area (Å²) in [5.74, 6) is -0.697. The third kappa shape index (κ3) is 2.62. The third-order valence-corrected chi connectivity index (χ3v) is 5.21. The Hall–Kier alpha value is -2.15. The molecule has 3 nitrogen and oxygen atoms in total. The largest absolute Gasteiger partial charge is 0.451 e. The number of hydrogen-bond acceptors (Lipinski definition) is 4. The van der Waals surface area contributed by atoms with Crippen LogP contribution in [0, 0.1) is 0 Å². The number of hydrogen-bond donors (Lipinski definition) is 0. The van der Waals surface area contributed by atoms with Crippen molar-refractivity contribution in [2.75, 3.05) is 11.4 Å². The van der Waals surface area contributed by atoms with Gasteiger partial charge in [-0.15, -0.1) is 11.3 Å². The molecule has 4 rings (SSSR count). The molecule has 7 heteroatoms. The molecule has 24 heavy (non-hydrogen) atoms. The number of nitrogens with zero attached hydrogens (tertiary/aromatic N) is 3. The summed E-state index contributed by atoms with van der Waals surface area (Å²) in [6.07, 6.45) is -2.71. The topological polar surface area (TPSA) is 29.0 Å². The van der Waals surface area contributed by atoms with E-state index in [9.17, 15) is 13.2 Å².